The summed E-state index contributed by atoms with van der Waals surface area (Å²) in [5.41, 5.74) is -1.42. The number of carbonyl (C=O) groups excluding carboxylic acids is 1. The van der Waals surface area contributed by atoms with Crippen molar-refractivity contribution in [2.75, 3.05) is 11.5 Å². The number of alkyl halides is 3. The van der Waals surface area contributed by atoms with Crippen LogP contribution in [0.1, 0.15) is 44.7 Å². The van der Waals surface area contributed by atoms with E-state index < -0.39 is 29.4 Å². The zero-order valence-electron chi connectivity index (χ0n) is 14.7. The molecular formula is C20H23F3N2O3. The highest BCUT2D eigenvalue weighted by Crippen LogP contribution is 2.44. The maximum Gasteiger partial charge on any atom is 0.417 e. The summed E-state index contributed by atoms with van der Waals surface area (Å²) in [5, 5.41) is 8.99. The molecule has 4 bridgehead atoms. The van der Waals surface area contributed by atoms with Crippen LogP contribution in [0.3, 0.4) is 0 Å². The van der Waals surface area contributed by atoms with Crippen molar-refractivity contribution in [1.82, 2.24) is 0 Å². The van der Waals surface area contributed by atoms with Crippen LogP contribution in [0.15, 0.2) is 18.2 Å². The molecule has 8 heteroatoms. The van der Waals surface area contributed by atoms with Crippen molar-refractivity contribution in [3.8, 4) is 6.07 Å². The molecule has 5 nitrogen and oxygen atoms in total. The van der Waals surface area contributed by atoms with Crippen LogP contribution in [0.5, 0.6) is 0 Å². The van der Waals surface area contributed by atoms with E-state index in [0.29, 0.717) is 13.0 Å². The zero-order chi connectivity index (χ0) is 19.3. The molecule has 0 aromatic heterocycles. The molecule has 1 amide bonds. The average molecular weight is 396 g/mol. The molecule has 0 radical (unpaired) electrons. The molecule has 3 aliphatic heterocycles. The van der Waals surface area contributed by atoms with Crippen LogP contribution < -0.4 is 4.90 Å². The number of rotatable bonds is 1. The van der Waals surface area contributed by atoms with Gasteiger partial charge < -0.3 is 9.47 Å². The molecule has 3 heterocycles. The van der Waals surface area contributed by atoms with Crippen molar-refractivity contribution in [1.29, 1.82) is 5.26 Å². The predicted molar refractivity (Wildman–Crippen MR) is 95.3 cm³/mol. The first-order chi connectivity index (χ1) is 12.8. The fourth-order valence-electron chi connectivity index (χ4n) is 4.47. The van der Waals surface area contributed by atoms with Crippen molar-refractivity contribution < 1.29 is 27.4 Å². The van der Waals surface area contributed by atoms with Gasteiger partial charge in [-0.3, -0.25) is 9.69 Å². The Balaban J connectivity index is 0.00000225. The van der Waals surface area contributed by atoms with Crippen LogP contribution in [0, 0.1) is 23.2 Å². The minimum Gasteiger partial charge on any atom is -0.374 e. The van der Waals surface area contributed by atoms with Crippen molar-refractivity contribution in [3.05, 3.63) is 29.3 Å². The number of nitrogens with zero attached hydrogens (tertiary/aromatic N) is 2. The van der Waals surface area contributed by atoms with Crippen LogP contribution in [0.4, 0.5) is 18.9 Å². The molecule has 0 N–H and O–H groups in total. The van der Waals surface area contributed by atoms with Crippen LogP contribution >= 0.6 is 0 Å². The summed E-state index contributed by atoms with van der Waals surface area (Å²) in [6.07, 6.45) is -3.13. The van der Waals surface area contributed by atoms with Crippen molar-refractivity contribution in [2.45, 2.75) is 58.2 Å². The molecule has 5 atom stereocenters. The van der Waals surface area contributed by atoms with Gasteiger partial charge in [-0.1, -0.05) is 14.4 Å². The summed E-state index contributed by atoms with van der Waals surface area (Å²) >= 11 is 0. The number of hydrogen-bond acceptors (Lipinski definition) is 4. The maximum absolute atomic E-state index is 13.3. The molecule has 3 aliphatic rings. The molecule has 1 aromatic carbocycles. The van der Waals surface area contributed by atoms with E-state index in [4.69, 9.17) is 14.7 Å². The Labute approximate surface area is 162 Å². The lowest BCUT2D eigenvalue weighted by molar-refractivity contribution is -0.138. The third kappa shape index (κ3) is 3.27. The van der Waals surface area contributed by atoms with Crippen molar-refractivity contribution >= 4 is 11.6 Å². The number of hydrogen-bond donors (Lipinski definition) is 0. The van der Waals surface area contributed by atoms with Crippen LogP contribution in [-0.4, -0.2) is 30.9 Å². The summed E-state index contributed by atoms with van der Waals surface area (Å²) in [6.45, 7) is 2.26. The van der Waals surface area contributed by atoms with Gasteiger partial charge in [0.05, 0.1) is 41.9 Å². The smallest absolute Gasteiger partial charge is 0.374 e. The second kappa shape index (κ2) is 7.37. The molecule has 0 saturated carbocycles. The fourth-order valence-corrected chi connectivity index (χ4v) is 4.47. The standard InChI is InChI=1S/C19H19F3N2O3.CH4/c1-10-16-15-5-4-13(27-15)6-7-26-18(10)24(17(16)25)12-3-2-11(9-23)14(8-12)19(20,21)22;/h2-3,8,10,13,15-16,18H,4-7H2,1H3;1H4/t10?,13?,15?,16-,18?;/m1./s1. The highest BCUT2D eigenvalue weighted by molar-refractivity contribution is 5.98. The number of halogens is 3. The molecule has 3 fully saturated rings. The Morgan fingerprint density at radius 1 is 1.25 bits per heavy atom. The summed E-state index contributed by atoms with van der Waals surface area (Å²) in [4.78, 5) is 14.5. The van der Waals surface area contributed by atoms with Crippen LogP contribution in [-0.2, 0) is 20.4 Å². The molecule has 152 valence electrons. The van der Waals surface area contributed by atoms with Gasteiger partial charge in [-0.05, 0) is 37.5 Å². The van der Waals surface area contributed by atoms with Gasteiger partial charge in [0, 0.05) is 11.6 Å². The van der Waals surface area contributed by atoms with E-state index in [1.54, 1.807) is 6.07 Å². The Kier molecular flexibility index (Phi) is 5.43. The van der Waals surface area contributed by atoms with E-state index in [9.17, 15) is 18.0 Å². The molecule has 0 spiro atoms. The molecule has 1 aromatic rings. The molecule has 0 aliphatic carbocycles. The van der Waals surface area contributed by atoms with Gasteiger partial charge in [-0.25, -0.2) is 0 Å². The minimum atomic E-state index is -4.68. The van der Waals surface area contributed by atoms with Crippen LogP contribution in [0.25, 0.3) is 0 Å². The zero-order valence-corrected chi connectivity index (χ0v) is 14.7. The lowest BCUT2D eigenvalue weighted by atomic mass is 9.89. The van der Waals surface area contributed by atoms with Gasteiger partial charge in [-0.15, -0.1) is 0 Å². The quantitative estimate of drug-likeness (QED) is 0.717. The van der Waals surface area contributed by atoms with Gasteiger partial charge in [0.2, 0.25) is 5.91 Å². The maximum atomic E-state index is 13.3. The SMILES string of the molecule is C.CC1C2OCCC3CCC(O3)[C@@H]1C(=O)N2c1ccc(C#N)c(C(F)(F)F)c1. The van der Waals surface area contributed by atoms with Gasteiger partial charge in [0.25, 0.3) is 0 Å². The number of amides is 1. The van der Waals surface area contributed by atoms with E-state index in [0.717, 1.165) is 25.0 Å². The average Bonchev–Trinajstić information content (AvgIpc) is 3.17. The second-order valence-electron chi connectivity index (χ2n) is 7.36. The third-order valence-electron chi connectivity index (χ3n) is 5.77. The second-order valence-corrected chi connectivity index (χ2v) is 7.36. The molecule has 4 unspecified atom stereocenters. The first kappa shape index (κ1) is 20.6. The number of carbonyl (C=O) groups is 1. The predicted octanol–water partition coefficient (Wildman–Crippen LogP) is 4.11. The van der Waals surface area contributed by atoms with E-state index in [-0.39, 0.29) is 37.1 Å². The summed E-state index contributed by atoms with van der Waals surface area (Å²) < 4.78 is 52.0. The monoisotopic (exact) mass is 396 g/mol. The third-order valence-corrected chi connectivity index (χ3v) is 5.77. The van der Waals surface area contributed by atoms with Gasteiger partial charge >= 0.3 is 6.18 Å². The Bertz CT molecular complexity index is 805. The Morgan fingerprint density at radius 2 is 2.00 bits per heavy atom. The minimum absolute atomic E-state index is 0. The first-order valence-electron chi connectivity index (χ1n) is 9.02. The van der Waals surface area contributed by atoms with Crippen molar-refractivity contribution in [3.63, 3.8) is 0 Å². The van der Waals surface area contributed by atoms with Gasteiger partial charge in [0.1, 0.15) is 6.23 Å². The number of benzene rings is 1. The molecular weight excluding hydrogens is 373 g/mol. The number of anilines is 1. The van der Waals surface area contributed by atoms with E-state index in [2.05, 4.69) is 0 Å². The molecule has 28 heavy (non-hydrogen) atoms. The van der Waals surface area contributed by atoms with Gasteiger partial charge in [-0.2, -0.15) is 18.4 Å². The van der Waals surface area contributed by atoms with E-state index in [1.165, 1.54) is 11.0 Å². The molecule has 4 rings (SSSR count). The Hall–Kier alpha value is -2.11. The number of fused-ring (bicyclic) bond motifs is 5. The molecule has 3 saturated heterocycles. The van der Waals surface area contributed by atoms with Crippen LogP contribution in [0.2, 0.25) is 0 Å². The highest BCUT2D eigenvalue weighted by Gasteiger charge is 2.53. The largest absolute Gasteiger partial charge is 0.417 e. The highest BCUT2D eigenvalue weighted by atomic mass is 19.4. The number of ether oxygens (including phenoxy) is 2. The summed E-state index contributed by atoms with van der Waals surface area (Å²) in [6, 6.07) is 4.91. The van der Waals surface area contributed by atoms with E-state index in [1.807, 2.05) is 6.92 Å². The summed E-state index contributed by atoms with van der Waals surface area (Å²) in [5.74, 6) is -0.926. The van der Waals surface area contributed by atoms with E-state index >= 15 is 0 Å². The lowest BCUT2D eigenvalue weighted by Crippen LogP contribution is -2.38. The normalized spacial score (nSPS) is 32.2. The Morgan fingerprint density at radius 3 is 2.68 bits per heavy atom. The topological polar surface area (TPSA) is 62.6 Å². The van der Waals surface area contributed by atoms with Gasteiger partial charge in [0.15, 0.2) is 0 Å². The number of nitriles is 1. The lowest BCUT2D eigenvalue weighted by Gasteiger charge is -2.28. The first-order valence-corrected chi connectivity index (χ1v) is 9.02. The summed E-state index contributed by atoms with van der Waals surface area (Å²) in [7, 11) is 0. The van der Waals surface area contributed by atoms with Crippen molar-refractivity contribution in [2.24, 2.45) is 11.8 Å². The fraction of sp³-hybridized carbons (Fsp3) is 0.600.